The van der Waals surface area contributed by atoms with Gasteiger partial charge in [0.25, 0.3) is 5.91 Å². The van der Waals surface area contributed by atoms with Crippen LogP contribution in [-0.2, 0) is 17.8 Å². The largest absolute Gasteiger partial charge is 0.483 e. The maximum Gasteiger partial charge on any atom is 0.257 e. The number of nitrogens with one attached hydrogen (secondary N) is 1. The number of hydrogen-bond donors (Lipinski definition) is 1. The average molecular weight is 484 g/mol. The van der Waals surface area contributed by atoms with Gasteiger partial charge < -0.3 is 14.6 Å². The van der Waals surface area contributed by atoms with Crippen molar-refractivity contribution in [2.75, 3.05) is 13.2 Å². The predicted molar refractivity (Wildman–Crippen MR) is 147 cm³/mol. The molecule has 1 amide bonds. The number of benzene rings is 3. The lowest BCUT2D eigenvalue weighted by Crippen LogP contribution is -2.29. The van der Waals surface area contributed by atoms with E-state index in [2.05, 4.69) is 60.1 Å². The molecule has 0 aliphatic rings. The summed E-state index contributed by atoms with van der Waals surface area (Å²) in [6, 6.07) is 21.1. The summed E-state index contributed by atoms with van der Waals surface area (Å²) in [6.45, 7) is 9.87. The Morgan fingerprint density at radius 1 is 0.889 bits per heavy atom. The van der Waals surface area contributed by atoms with E-state index in [0.29, 0.717) is 6.54 Å². The monoisotopic (exact) mass is 483 g/mol. The first kappa shape index (κ1) is 25.5. The molecule has 0 bridgehead atoms. The number of carbonyl (C=O) groups excluding carboxylic acids is 1. The summed E-state index contributed by atoms with van der Waals surface area (Å²) in [6.07, 6.45) is 3.92. The van der Waals surface area contributed by atoms with Gasteiger partial charge in [-0.3, -0.25) is 4.79 Å². The van der Waals surface area contributed by atoms with Crippen molar-refractivity contribution < 1.29 is 9.53 Å². The Balaban J connectivity index is 1.26. The highest BCUT2D eigenvalue weighted by Gasteiger charge is 2.12. The lowest BCUT2D eigenvalue weighted by molar-refractivity contribution is -0.123. The number of hydrogen-bond acceptors (Lipinski definition) is 3. The van der Waals surface area contributed by atoms with Gasteiger partial charge in [0, 0.05) is 19.5 Å². The molecule has 188 valence electrons. The van der Waals surface area contributed by atoms with E-state index in [1.165, 1.54) is 22.2 Å². The van der Waals surface area contributed by atoms with Gasteiger partial charge in [-0.2, -0.15) is 0 Å². The fraction of sp³-hybridized carbons (Fsp3) is 0.355. The predicted octanol–water partition coefficient (Wildman–Crippen LogP) is 6.23. The van der Waals surface area contributed by atoms with Crippen LogP contribution < -0.4 is 10.1 Å². The molecule has 0 spiro atoms. The second-order valence-electron chi connectivity index (χ2n) is 9.75. The molecular weight excluding hydrogens is 446 g/mol. The van der Waals surface area contributed by atoms with Gasteiger partial charge in [0.2, 0.25) is 0 Å². The van der Waals surface area contributed by atoms with Crippen molar-refractivity contribution >= 4 is 16.9 Å². The van der Waals surface area contributed by atoms with Gasteiger partial charge in [-0.15, -0.1) is 0 Å². The number of ether oxygens (including phenoxy) is 1. The molecule has 1 aromatic heterocycles. The van der Waals surface area contributed by atoms with E-state index in [1.54, 1.807) is 0 Å². The number of aromatic nitrogens is 2. The van der Waals surface area contributed by atoms with Crippen molar-refractivity contribution in [1.29, 1.82) is 0 Å². The second-order valence-corrected chi connectivity index (χ2v) is 9.75. The first-order valence-corrected chi connectivity index (χ1v) is 12.9. The van der Waals surface area contributed by atoms with Crippen LogP contribution in [0.4, 0.5) is 0 Å². The number of rotatable bonds is 11. The van der Waals surface area contributed by atoms with Crippen LogP contribution in [0.5, 0.6) is 5.75 Å². The van der Waals surface area contributed by atoms with Crippen molar-refractivity contribution in [3.8, 4) is 5.75 Å². The summed E-state index contributed by atoms with van der Waals surface area (Å²) in [4.78, 5) is 17.1. The minimum absolute atomic E-state index is 0.0483. The maximum absolute atomic E-state index is 12.2. The Hall–Kier alpha value is -3.60. The molecule has 0 saturated carbocycles. The number of nitrogens with zero attached hydrogens (tertiary/aromatic N) is 2. The van der Waals surface area contributed by atoms with E-state index in [9.17, 15) is 4.79 Å². The fourth-order valence-corrected chi connectivity index (χ4v) is 4.50. The van der Waals surface area contributed by atoms with Crippen molar-refractivity contribution in [2.24, 2.45) is 0 Å². The Kier molecular flexibility index (Phi) is 8.42. The molecule has 0 aliphatic carbocycles. The van der Waals surface area contributed by atoms with E-state index in [0.717, 1.165) is 60.4 Å². The third-order valence-electron chi connectivity index (χ3n) is 6.67. The summed E-state index contributed by atoms with van der Waals surface area (Å²) in [5.74, 6) is 1.82. The highest BCUT2D eigenvalue weighted by molar-refractivity contribution is 5.77. The van der Waals surface area contributed by atoms with Crippen molar-refractivity contribution in [3.05, 3.63) is 94.3 Å². The average Bonchev–Trinajstić information content (AvgIpc) is 3.21. The first-order chi connectivity index (χ1) is 17.4. The molecule has 0 saturated heterocycles. The van der Waals surface area contributed by atoms with Crippen LogP contribution in [0.25, 0.3) is 11.0 Å². The summed E-state index contributed by atoms with van der Waals surface area (Å²) in [5.41, 5.74) is 8.32. The lowest BCUT2D eigenvalue weighted by Gasteiger charge is -2.13. The molecule has 0 aliphatic heterocycles. The lowest BCUT2D eigenvalue weighted by atomic mass is 10.1. The van der Waals surface area contributed by atoms with Gasteiger partial charge in [0.15, 0.2) is 6.61 Å². The van der Waals surface area contributed by atoms with E-state index < -0.39 is 0 Å². The van der Waals surface area contributed by atoms with Crippen LogP contribution in [-0.4, -0.2) is 28.6 Å². The Bertz CT molecular complexity index is 1340. The first-order valence-electron chi connectivity index (χ1n) is 12.9. The van der Waals surface area contributed by atoms with Gasteiger partial charge in [-0.05, 0) is 81.0 Å². The molecular formula is C31H37N3O2. The zero-order chi connectivity index (χ0) is 25.5. The summed E-state index contributed by atoms with van der Waals surface area (Å²) < 4.78 is 8.06. The van der Waals surface area contributed by atoms with Crippen molar-refractivity contribution in [1.82, 2.24) is 14.9 Å². The molecule has 5 nitrogen and oxygen atoms in total. The highest BCUT2D eigenvalue weighted by Crippen LogP contribution is 2.22. The Morgan fingerprint density at radius 2 is 1.64 bits per heavy atom. The number of amides is 1. The van der Waals surface area contributed by atoms with E-state index in [-0.39, 0.29) is 12.5 Å². The summed E-state index contributed by atoms with van der Waals surface area (Å²) >= 11 is 0. The second kappa shape index (κ2) is 11.9. The van der Waals surface area contributed by atoms with Crippen LogP contribution >= 0.6 is 0 Å². The third-order valence-corrected chi connectivity index (χ3v) is 6.67. The van der Waals surface area contributed by atoms with Crippen LogP contribution in [0.3, 0.4) is 0 Å². The van der Waals surface area contributed by atoms with Gasteiger partial charge in [0.05, 0.1) is 11.0 Å². The molecule has 3 aromatic carbocycles. The SMILES string of the molecule is Cc1ccc(C)c(Cn2c(CCCCCNC(=O)COc3cc(C)ccc3C)nc3ccccc32)c1. The Labute approximate surface area is 214 Å². The normalized spacial score (nSPS) is 11.1. The van der Waals surface area contributed by atoms with Crippen molar-refractivity contribution in [2.45, 2.75) is 59.9 Å². The standard InChI is InChI=1S/C31H37N3O2/c1-22-13-15-24(3)26(18-22)20-34-28-11-8-7-10-27(28)33-30(34)12-6-5-9-17-32-31(35)21-36-29-19-23(2)14-16-25(29)4/h7-8,10-11,13-16,18-19H,5-6,9,12,17,20-21H2,1-4H3,(H,32,35). The fourth-order valence-electron chi connectivity index (χ4n) is 4.50. The number of para-hydroxylation sites is 2. The number of carbonyl (C=O) groups is 1. The number of fused-ring (bicyclic) bond motifs is 1. The molecule has 36 heavy (non-hydrogen) atoms. The van der Waals surface area contributed by atoms with Gasteiger partial charge in [-0.25, -0.2) is 4.98 Å². The Morgan fingerprint density at radius 3 is 2.47 bits per heavy atom. The quantitative estimate of drug-likeness (QED) is 0.257. The minimum atomic E-state index is -0.0776. The number of aryl methyl sites for hydroxylation is 5. The zero-order valence-electron chi connectivity index (χ0n) is 21.9. The molecule has 4 aromatic rings. The van der Waals surface area contributed by atoms with Gasteiger partial charge in [-0.1, -0.05) is 54.4 Å². The molecule has 5 heteroatoms. The smallest absolute Gasteiger partial charge is 0.257 e. The van der Waals surface area contributed by atoms with E-state index >= 15 is 0 Å². The molecule has 1 heterocycles. The molecule has 4 rings (SSSR count). The number of imidazole rings is 1. The van der Waals surface area contributed by atoms with Crippen LogP contribution in [0.15, 0.2) is 60.7 Å². The highest BCUT2D eigenvalue weighted by atomic mass is 16.5. The molecule has 0 unspecified atom stereocenters. The van der Waals surface area contributed by atoms with Crippen LogP contribution in [0.1, 0.15) is 52.9 Å². The molecule has 1 N–H and O–H groups in total. The van der Waals surface area contributed by atoms with E-state index in [4.69, 9.17) is 9.72 Å². The third kappa shape index (κ3) is 6.54. The van der Waals surface area contributed by atoms with Crippen LogP contribution in [0.2, 0.25) is 0 Å². The minimum Gasteiger partial charge on any atom is -0.483 e. The summed E-state index contributed by atoms with van der Waals surface area (Å²) in [5, 5.41) is 2.98. The molecule has 0 fully saturated rings. The zero-order valence-corrected chi connectivity index (χ0v) is 21.9. The van der Waals surface area contributed by atoms with Crippen LogP contribution in [0, 0.1) is 27.7 Å². The number of unbranched alkanes of at least 4 members (excludes halogenated alkanes) is 2. The van der Waals surface area contributed by atoms with Gasteiger partial charge >= 0.3 is 0 Å². The maximum atomic E-state index is 12.2. The van der Waals surface area contributed by atoms with Crippen molar-refractivity contribution in [3.63, 3.8) is 0 Å². The topological polar surface area (TPSA) is 56.2 Å². The molecule has 0 radical (unpaired) electrons. The molecule has 0 atom stereocenters. The van der Waals surface area contributed by atoms with Gasteiger partial charge in [0.1, 0.15) is 11.6 Å². The summed E-state index contributed by atoms with van der Waals surface area (Å²) in [7, 11) is 0. The van der Waals surface area contributed by atoms with E-state index in [1.807, 2.05) is 38.1 Å².